The quantitative estimate of drug-likeness (QED) is 0.668. The Morgan fingerprint density at radius 1 is 1.28 bits per heavy atom. The van der Waals surface area contributed by atoms with E-state index in [1.54, 1.807) is 30.3 Å². The van der Waals surface area contributed by atoms with Gasteiger partial charge >= 0.3 is 0 Å². The summed E-state index contributed by atoms with van der Waals surface area (Å²) in [7, 11) is 0. The number of hydrazone groups is 1. The third-order valence-electron chi connectivity index (χ3n) is 2.12. The molecule has 0 spiro atoms. The van der Waals surface area contributed by atoms with Crippen molar-refractivity contribution in [1.82, 2.24) is 4.98 Å². The second-order valence-electron chi connectivity index (χ2n) is 3.41. The van der Waals surface area contributed by atoms with Crippen molar-refractivity contribution in [2.24, 2.45) is 5.10 Å². The molecule has 0 saturated heterocycles. The molecule has 92 valence electrons. The molecule has 0 aliphatic rings. The van der Waals surface area contributed by atoms with Gasteiger partial charge in [0.25, 0.3) is 0 Å². The third kappa shape index (κ3) is 3.12. The van der Waals surface area contributed by atoms with Crippen molar-refractivity contribution in [2.45, 2.75) is 0 Å². The average Bonchev–Trinajstić information content (AvgIpc) is 2.34. The van der Waals surface area contributed by atoms with E-state index in [0.29, 0.717) is 21.4 Å². The molecule has 0 aliphatic heterocycles. The van der Waals surface area contributed by atoms with Gasteiger partial charge in [-0.3, -0.25) is 5.43 Å². The maximum atomic E-state index is 9.52. The van der Waals surface area contributed by atoms with E-state index in [-0.39, 0.29) is 5.75 Å². The molecule has 0 saturated carbocycles. The van der Waals surface area contributed by atoms with Crippen molar-refractivity contribution >= 4 is 35.2 Å². The number of halogens is 2. The first kappa shape index (κ1) is 12.7. The van der Waals surface area contributed by atoms with Gasteiger partial charge in [-0.1, -0.05) is 35.3 Å². The minimum Gasteiger partial charge on any atom is -0.507 e. The number of hydrogen-bond acceptors (Lipinski definition) is 4. The van der Waals surface area contributed by atoms with Crippen molar-refractivity contribution < 1.29 is 5.11 Å². The van der Waals surface area contributed by atoms with Gasteiger partial charge in [-0.05, 0) is 18.2 Å². The van der Waals surface area contributed by atoms with Crippen LogP contribution in [0.5, 0.6) is 5.75 Å². The lowest BCUT2D eigenvalue weighted by Crippen LogP contribution is -1.94. The number of pyridine rings is 1. The Morgan fingerprint density at radius 3 is 2.78 bits per heavy atom. The van der Waals surface area contributed by atoms with Crippen molar-refractivity contribution in [3.05, 3.63) is 52.1 Å². The Bertz CT molecular complexity index is 587. The fraction of sp³-hybridized carbons (Fsp3) is 0. The minimum atomic E-state index is 0.151. The first-order valence-corrected chi connectivity index (χ1v) is 5.80. The maximum Gasteiger partial charge on any atom is 0.165 e. The summed E-state index contributed by atoms with van der Waals surface area (Å²) < 4.78 is 0. The predicted molar refractivity (Wildman–Crippen MR) is 73.6 cm³/mol. The molecule has 6 heteroatoms. The van der Waals surface area contributed by atoms with E-state index in [4.69, 9.17) is 23.2 Å². The Hall–Kier alpha value is -1.78. The third-order valence-corrected chi connectivity index (χ3v) is 2.61. The molecule has 0 amide bonds. The molecule has 0 radical (unpaired) electrons. The fourth-order valence-electron chi connectivity index (χ4n) is 1.26. The number of phenolic OH excluding ortho intramolecular Hbond substituents is 1. The topological polar surface area (TPSA) is 57.5 Å². The molecular weight excluding hydrogens is 273 g/mol. The predicted octanol–water partition coefficient (Wildman–Crippen LogP) is 3.54. The van der Waals surface area contributed by atoms with E-state index >= 15 is 0 Å². The highest BCUT2D eigenvalue weighted by molar-refractivity contribution is 6.35. The van der Waals surface area contributed by atoms with Crippen molar-refractivity contribution in [3.63, 3.8) is 0 Å². The van der Waals surface area contributed by atoms with Gasteiger partial charge in [0.05, 0.1) is 16.3 Å². The van der Waals surface area contributed by atoms with E-state index in [1.807, 2.05) is 0 Å². The summed E-state index contributed by atoms with van der Waals surface area (Å²) in [6.45, 7) is 0. The molecule has 0 unspecified atom stereocenters. The fourth-order valence-corrected chi connectivity index (χ4v) is 1.68. The molecule has 18 heavy (non-hydrogen) atoms. The largest absolute Gasteiger partial charge is 0.507 e. The van der Waals surface area contributed by atoms with E-state index < -0.39 is 0 Å². The summed E-state index contributed by atoms with van der Waals surface area (Å²) in [4.78, 5) is 3.98. The first-order valence-electron chi connectivity index (χ1n) is 5.05. The van der Waals surface area contributed by atoms with Gasteiger partial charge in [-0.15, -0.1) is 0 Å². The summed E-state index contributed by atoms with van der Waals surface area (Å²) in [6.07, 6.45) is 2.94. The number of aromatic nitrogens is 1. The number of aromatic hydroxyl groups is 1. The van der Waals surface area contributed by atoms with Crippen LogP contribution in [0.25, 0.3) is 0 Å². The number of benzene rings is 1. The van der Waals surface area contributed by atoms with Crippen LogP contribution in [0.2, 0.25) is 10.0 Å². The molecule has 0 aliphatic carbocycles. The van der Waals surface area contributed by atoms with Crippen molar-refractivity contribution in [1.29, 1.82) is 0 Å². The average molecular weight is 282 g/mol. The number of anilines is 1. The summed E-state index contributed by atoms with van der Waals surface area (Å²) in [5, 5.41) is 14.3. The zero-order valence-corrected chi connectivity index (χ0v) is 10.7. The lowest BCUT2D eigenvalue weighted by atomic mass is 10.2. The van der Waals surface area contributed by atoms with Crippen LogP contribution in [-0.2, 0) is 0 Å². The van der Waals surface area contributed by atoms with Crippen molar-refractivity contribution in [2.75, 3.05) is 5.43 Å². The van der Waals surface area contributed by atoms with Crippen molar-refractivity contribution in [3.8, 4) is 5.75 Å². The molecule has 2 rings (SSSR count). The Labute approximate surface area is 114 Å². The Kier molecular flexibility index (Phi) is 4.02. The maximum absolute atomic E-state index is 9.52. The van der Waals surface area contributed by atoms with E-state index in [2.05, 4.69) is 15.5 Å². The van der Waals surface area contributed by atoms with Crippen LogP contribution in [0, 0.1) is 0 Å². The number of rotatable bonds is 3. The van der Waals surface area contributed by atoms with Gasteiger partial charge in [0.2, 0.25) is 0 Å². The zero-order valence-electron chi connectivity index (χ0n) is 9.14. The lowest BCUT2D eigenvalue weighted by molar-refractivity contribution is 0.474. The molecule has 0 bridgehead atoms. The first-order chi connectivity index (χ1) is 8.66. The minimum absolute atomic E-state index is 0.151. The van der Waals surface area contributed by atoms with Gasteiger partial charge in [0.15, 0.2) is 5.82 Å². The highest BCUT2D eigenvalue weighted by Gasteiger charge is 2.01. The highest BCUT2D eigenvalue weighted by Crippen LogP contribution is 2.22. The van der Waals surface area contributed by atoms with Crippen LogP contribution < -0.4 is 5.43 Å². The van der Waals surface area contributed by atoms with Gasteiger partial charge in [0.1, 0.15) is 5.75 Å². The number of para-hydroxylation sites is 1. The van der Waals surface area contributed by atoms with Gasteiger partial charge in [-0.2, -0.15) is 5.10 Å². The molecule has 0 atom stereocenters. The van der Waals surface area contributed by atoms with E-state index in [9.17, 15) is 5.11 Å². The van der Waals surface area contributed by atoms with Gasteiger partial charge < -0.3 is 5.11 Å². The summed E-state index contributed by atoms with van der Waals surface area (Å²) in [6, 6.07) is 8.41. The second kappa shape index (κ2) is 5.71. The summed E-state index contributed by atoms with van der Waals surface area (Å²) in [5.41, 5.74) is 3.27. The number of hydrogen-bond donors (Lipinski definition) is 2. The van der Waals surface area contributed by atoms with E-state index in [0.717, 1.165) is 0 Å². The van der Waals surface area contributed by atoms with Crippen LogP contribution in [0.4, 0.5) is 5.82 Å². The standard InChI is InChI=1S/C12H9Cl2N3O/c13-9-5-10(14)12(15-7-9)17-16-6-8-3-1-2-4-11(8)18/h1-7,18H,(H,15,17)/b16-6-. The number of nitrogens with one attached hydrogen (secondary N) is 1. The molecule has 2 aromatic rings. The van der Waals surface area contributed by atoms with Crippen LogP contribution in [-0.4, -0.2) is 16.3 Å². The van der Waals surface area contributed by atoms with E-state index in [1.165, 1.54) is 12.4 Å². The lowest BCUT2D eigenvalue weighted by Gasteiger charge is -2.02. The number of phenols is 1. The smallest absolute Gasteiger partial charge is 0.165 e. The molecular formula is C12H9Cl2N3O. The van der Waals surface area contributed by atoms with Crippen LogP contribution >= 0.6 is 23.2 Å². The molecule has 1 heterocycles. The Morgan fingerprint density at radius 2 is 2.06 bits per heavy atom. The van der Waals surface area contributed by atoms with Crippen LogP contribution in [0.15, 0.2) is 41.6 Å². The molecule has 1 aromatic heterocycles. The highest BCUT2D eigenvalue weighted by atomic mass is 35.5. The molecule has 2 N–H and O–H groups in total. The summed E-state index contributed by atoms with van der Waals surface area (Å²) >= 11 is 11.6. The molecule has 1 aromatic carbocycles. The second-order valence-corrected chi connectivity index (χ2v) is 4.26. The van der Waals surface area contributed by atoms with Crippen LogP contribution in [0.3, 0.4) is 0 Å². The number of nitrogens with zero attached hydrogens (tertiary/aromatic N) is 2. The van der Waals surface area contributed by atoms with Crippen LogP contribution in [0.1, 0.15) is 5.56 Å². The summed E-state index contributed by atoms with van der Waals surface area (Å²) in [5.74, 6) is 0.547. The monoisotopic (exact) mass is 281 g/mol. The normalized spacial score (nSPS) is 10.8. The molecule has 4 nitrogen and oxygen atoms in total. The zero-order chi connectivity index (χ0) is 13.0. The SMILES string of the molecule is Oc1ccccc1/C=N\Nc1ncc(Cl)cc1Cl. The molecule has 0 fully saturated rings. The van der Waals surface area contributed by atoms with Gasteiger partial charge in [0, 0.05) is 11.8 Å². The van der Waals surface area contributed by atoms with Gasteiger partial charge in [-0.25, -0.2) is 4.98 Å². The Balaban J connectivity index is 2.10.